The van der Waals surface area contributed by atoms with Crippen LogP contribution in [0.2, 0.25) is 0 Å². The van der Waals surface area contributed by atoms with Gasteiger partial charge in [-0.25, -0.2) is 9.97 Å². The Bertz CT molecular complexity index is 503. The van der Waals surface area contributed by atoms with Crippen molar-refractivity contribution in [2.24, 2.45) is 5.92 Å². The number of fused-ring (bicyclic) bond motifs is 1. The Morgan fingerprint density at radius 3 is 3.00 bits per heavy atom. The summed E-state index contributed by atoms with van der Waals surface area (Å²) in [6.45, 7) is 2.88. The van der Waals surface area contributed by atoms with Crippen molar-refractivity contribution >= 4 is 11.8 Å². The van der Waals surface area contributed by atoms with Gasteiger partial charge in [0.15, 0.2) is 0 Å². The van der Waals surface area contributed by atoms with Crippen molar-refractivity contribution in [1.82, 2.24) is 9.97 Å². The molecule has 1 aromatic heterocycles. The molecule has 5 heteroatoms. The van der Waals surface area contributed by atoms with Crippen LogP contribution in [0.1, 0.15) is 37.4 Å². The van der Waals surface area contributed by atoms with Crippen molar-refractivity contribution in [2.75, 3.05) is 11.4 Å². The van der Waals surface area contributed by atoms with Crippen LogP contribution in [0, 0.1) is 5.92 Å². The summed E-state index contributed by atoms with van der Waals surface area (Å²) in [6.07, 6.45) is 6.31. The Hall–Kier alpha value is -1.65. The van der Waals surface area contributed by atoms with Gasteiger partial charge in [0.1, 0.15) is 12.1 Å². The van der Waals surface area contributed by atoms with Crippen LogP contribution in [0.5, 0.6) is 0 Å². The number of carbonyl (C=O) groups is 1. The monoisotopic (exact) mass is 261 g/mol. The van der Waals surface area contributed by atoms with Gasteiger partial charge in [0.05, 0.1) is 5.92 Å². The van der Waals surface area contributed by atoms with Gasteiger partial charge in [0.2, 0.25) is 0 Å². The maximum absolute atomic E-state index is 11.1. The molecule has 19 heavy (non-hydrogen) atoms. The van der Waals surface area contributed by atoms with Crippen molar-refractivity contribution in [1.29, 1.82) is 0 Å². The summed E-state index contributed by atoms with van der Waals surface area (Å²) in [4.78, 5) is 22.2. The SMILES string of the molecule is CC1CC(C(=O)O)CCN1c1ncnc2c1CCC2. The number of carboxylic acids is 1. The normalized spacial score (nSPS) is 26.3. The summed E-state index contributed by atoms with van der Waals surface area (Å²) in [5, 5.41) is 9.12. The molecule has 0 amide bonds. The molecular formula is C14H19N3O2. The lowest BCUT2D eigenvalue weighted by Crippen LogP contribution is -2.43. The first-order valence-corrected chi connectivity index (χ1v) is 6.99. The van der Waals surface area contributed by atoms with Crippen LogP contribution in [0.15, 0.2) is 6.33 Å². The van der Waals surface area contributed by atoms with E-state index in [2.05, 4.69) is 21.8 Å². The maximum atomic E-state index is 11.1. The molecule has 1 aromatic rings. The minimum absolute atomic E-state index is 0.207. The fourth-order valence-electron chi connectivity index (χ4n) is 3.30. The van der Waals surface area contributed by atoms with Gasteiger partial charge in [-0.15, -0.1) is 0 Å². The van der Waals surface area contributed by atoms with Gasteiger partial charge in [0.25, 0.3) is 0 Å². The van der Waals surface area contributed by atoms with E-state index in [1.165, 1.54) is 11.3 Å². The van der Waals surface area contributed by atoms with Crippen LogP contribution in [-0.4, -0.2) is 33.6 Å². The molecule has 2 atom stereocenters. The van der Waals surface area contributed by atoms with Crippen LogP contribution in [-0.2, 0) is 17.6 Å². The molecule has 0 radical (unpaired) electrons. The van der Waals surface area contributed by atoms with Crippen molar-refractivity contribution < 1.29 is 9.90 Å². The second-order valence-electron chi connectivity index (χ2n) is 5.58. The lowest BCUT2D eigenvalue weighted by atomic mass is 9.91. The number of piperidine rings is 1. The molecule has 0 spiro atoms. The number of aromatic nitrogens is 2. The van der Waals surface area contributed by atoms with Gasteiger partial charge in [-0.1, -0.05) is 0 Å². The van der Waals surface area contributed by atoms with Crippen LogP contribution in [0.25, 0.3) is 0 Å². The highest BCUT2D eigenvalue weighted by Gasteiger charge is 2.32. The largest absolute Gasteiger partial charge is 0.481 e. The Morgan fingerprint density at radius 2 is 2.26 bits per heavy atom. The molecule has 1 aliphatic carbocycles. The fourth-order valence-corrected chi connectivity index (χ4v) is 3.30. The number of hydrogen-bond acceptors (Lipinski definition) is 4. The quantitative estimate of drug-likeness (QED) is 0.877. The lowest BCUT2D eigenvalue weighted by molar-refractivity contribution is -0.142. The molecule has 0 bridgehead atoms. The molecular weight excluding hydrogens is 242 g/mol. The molecule has 2 aliphatic rings. The van der Waals surface area contributed by atoms with E-state index in [0.29, 0.717) is 12.8 Å². The van der Waals surface area contributed by atoms with Gasteiger partial charge < -0.3 is 10.0 Å². The van der Waals surface area contributed by atoms with E-state index in [0.717, 1.165) is 31.6 Å². The number of aryl methyl sites for hydroxylation is 1. The third-order valence-corrected chi connectivity index (χ3v) is 4.35. The molecule has 5 nitrogen and oxygen atoms in total. The second kappa shape index (κ2) is 4.79. The van der Waals surface area contributed by atoms with E-state index in [1.807, 2.05) is 0 Å². The Labute approximate surface area is 112 Å². The first-order chi connectivity index (χ1) is 9.16. The molecule has 3 rings (SSSR count). The van der Waals surface area contributed by atoms with Crippen LogP contribution in [0.3, 0.4) is 0 Å². The van der Waals surface area contributed by atoms with E-state index >= 15 is 0 Å². The summed E-state index contributed by atoms with van der Waals surface area (Å²) >= 11 is 0. The van der Waals surface area contributed by atoms with Gasteiger partial charge in [0, 0.05) is 23.8 Å². The molecule has 0 aromatic carbocycles. The summed E-state index contributed by atoms with van der Waals surface area (Å²) in [7, 11) is 0. The van der Waals surface area contributed by atoms with E-state index < -0.39 is 5.97 Å². The number of nitrogens with zero attached hydrogens (tertiary/aromatic N) is 3. The van der Waals surface area contributed by atoms with Gasteiger partial charge >= 0.3 is 5.97 Å². The van der Waals surface area contributed by atoms with Crippen molar-refractivity contribution in [3.05, 3.63) is 17.6 Å². The van der Waals surface area contributed by atoms with E-state index in [-0.39, 0.29) is 12.0 Å². The van der Waals surface area contributed by atoms with E-state index in [4.69, 9.17) is 5.11 Å². The first-order valence-electron chi connectivity index (χ1n) is 6.99. The predicted octanol–water partition coefficient (Wildman–Crippen LogP) is 1.65. The fraction of sp³-hybridized carbons (Fsp3) is 0.643. The third kappa shape index (κ3) is 2.17. The van der Waals surface area contributed by atoms with Crippen molar-refractivity contribution in [3.63, 3.8) is 0 Å². The van der Waals surface area contributed by atoms with Crippen molar-refractivity contribution in [2.45, 2.75) is 45.1 Å². The number of carboxylic acid groups (broad SMARTS) is 1. The Kier molecular flexibility index (Phi) is 3.12. The minimum atomic E-state index is -0.667. The third-order valence-electron chi connectivity index (χ3n) is 4.35. The molecule has 1 N–H and O–H groups in total. The smallest absolute Gasteiger partial charge is 0.306 e. The van der Waals surface area contributed by atoms with Gasteiger partial charge in [-0.05, 0) is 39.0 Å². The topological polar surface area (TPSA) is 66.3 Å². The van der Waals surface area contributed by atoms with Crippen LogP contribution < -0.4 is 4.90 Å². The van der Waals surface area contributed by atoms with Gasteiger partial charge in [-0.3, -0.25) is 4.79 Å². The number of anilines is 1. The predicted molar refractivity (Wildman–Crippen MR) is 71.2 cm³/mol. The van der Waals surface area contributed by atoms with Crippen LogP contribution in [0.4, 0.5) is 5.82 Å². The Balaban J connectivity index is 1.84. The standard InChI is InChI=1S/C14H19N3O2/c1-9-7-10(14(18)19)5-6-17(9)13-11-3-2-4-12(11)15-8-16-13/h8-10H,2-7H2,1H3,(H,18,19). The van der Waals surface area contributed by atoms with Gasteiger partial charge in [-0.2, -0.15) is 0 Å². The Morgan fingerprint density at radius 1 is 1.42 bits per heavy atom. The maximum Gasteiger partial charge on any atom is 0.306 e. The summed E-state index contributed by atoms with van der Waals surface area (Å²) in [5.74, 6) is 0.166. The van der Waals surface area contributed by atoms with Crippen molar-refractivity contribution in [3.8, 4) is 0 Å². The zero-order chi connectivity index (χ0) is 13.4. The summed E-state index contributed by atoms with van der Waals surface area (Å²) < 4.78 is 0. The zero-order valence-electron chi connectivity index (χ0n) is 11.2. The highest BCUT2D eigenvalue weighted by Crippen LogP contribution is 2.33. The number of hydrogen-bond donors (Lipinski definition) is 1. The highest BCUT2D eigenvalue weighted by atomic mass is 16.4. The number of aliphatic carboxylic acids is 1. The minimum Gasteiger partial charge on any atom is -0.481 e. The molecule has 2 unspecified atom stereocenters. The van der Waals surface area contributed by atoms with Crippen LogP contribution >= 0.6 is 0 Å². The summed E-state index contributed by atoms with van der Waals surface area (Å²) in [5.41, 5.74) is 2.46. The molecule has 1 fully saturated rings. The second-order valence-corrected chi connectivity index (χ2v) is 5.58. The average molecular weight is 261 g/mol. The number of rotatable bonds is 2. The molecule has 1 saturated heterocycles. The molecule has 2 heterocycles. The molecule has 102 valence electrons. The summed E-state index contributed by atoms with van der Waals surface area (Å²) in [6, 6.07) is 0.231. The lowest BCUT2D eigenvalue weighted by Gasteiger charge is -2.37. The van der Waals surface area contributed by atoms with E-state index in [1.54, 1.807) is 6.33 Å². The molecule has 0 saturated carbocycles. The molecule has 1 aliphatic heterocycles. The van der Waals surface area contributed by atoms with E-state index in [9.17, 15) is 4.79 Å². The highest BCUT2D eigenvalue weighted by molar-refractivity contribution is 5.70. The average Bonchev–Trinajstić information content (AvgIpc) is 2.86. The zero-order valence-corrected chi connectivity index (χ0v) is 11.2. The first kappa shape index (κ1) is 12.4.